The van der Waals surface area contributed by atoms with E-state index in [1.165, 1.54) is 6.07 Å². The molecular weight excluding hydrogens is 182 g/mol. The lowest BCUT2D eigenvalue weighted by atomic mass is 10.0. The molecule has 0 aliphatic heterocycles. The third kappa shape index (κ3) is 2.28. The van der Waals surface area contributed by atoms with Gasteiger partial charge in [0.1, 0.15) is 11.6 Å². The molecule has 1 rings (SSSR count). The molecule has 0 spiro atoms. The topological polar surface area (TPSA) is 0 Å². The van der Waals surface area contributed by atoms with Crippen LogP contribution in [-0.2, 0) is 0 Å². The van der Waals surface area contributed by atoms with E-state index in [0.717, 1.165) is 12.1 Å². The predicted molar refractivity (Wildman–Crippen MR) is 54.8 cm³/mol. The molecule has 0 N–H and O–H groups in total. The van der Waals surface area contributed by atoms with Crippen LogP contribution < -0.4 is 0 Å². The summed E-state index contributed by atoms with van der Waals surface area (Å²) in [6.07, 6.45) is 5.29. The summed E-state index contributed by atoms with van der Waals surface area (Å²) in [6.45, 7) is 3.63. The van der Waals surface area contributed by atoms with Crippen LogP contribution in [0.3, 0.4) is 0 Å². The minimum Gasteiger partial charge on any atom is -0.207 e. The van der Waals surface area contributed by atoms with Gasteiger partial charge in [0, 0.05) is 5.56 Å². The molecule has 0 saturated heterocycles. The minimum atomic E-state index is -0.426. The smallest absolute Gasteiger partial charge is 0.131 e. The van der Waals surface area contributed by atoms with Gasteiger partial charge in [0.2, 0.25) is 0 Å². The quantitative estimate of drug-likeness (QED) is 0.625. The summed E-state index contributed by atoms with van der Waals surface area (Å²) in [6, 6.07) is 3.45. The average Bonchev–Trinajstić information content (AvgIpc) is 2.18. The van der Waals surface area contributed by atoms with Crippen LogP contribution in [0.2, 0.25) is 0 Å². The lowest BCUT2D eigenvalue weighted by Gasteiger charge is -2.03. The molecule has 0 atom stereocenters. The van der Waals surface area contributed by atoms with Gasteiger partial charge in [0.05, 0.1) is 0 Å². The molecule has 0 amide bonds. The van der Waals surface area contributed by atoms with Crippen molar-refractivity contribution in [2.45, 2.75) is 13.8 Å². The van der Waals surface area contributed by atoms with Crippen LogP contribution in [0, 0.1) is 11.6 Å². The Morgan fingerprint density at radius 3 is 2.50 bits per heavy atom. The summed E-state index contributed by atoms with van der Waals surface area (Å²) < 4.78 is 26.2. The lowest BCUT2D eigenvalue weighted by molar-refractivity contribution is 0.597. The SMILES string of the molecule is C/C=C\C(=C/C)c1cc(F)ccc1F. The Bertz CT molecular complexity index is 376. The number of rotatable bonds is 2. The van der Waals surface area contributed by atoms with Gasteiger partial charge in [0.25, 0.3) is 0 Å². The van der Waals surface area contributed by atoms with E-state index in [1.807, 2.05) is 6.92 Å². The van der Waals surface area contributed by atoms with Gasteiger partial charge in [-0.2, -0.15) is 0 Å². The lowest BCUT2D eigenvalue weighted by Crippen LogP contribution is -1.89. The summed E-state index contributed by atoms with van der Waals surface area (Å²) in [7, 11) is 0. The van der Waals surface area contributed by atoms with Gasteiger partial charge >= 0.3 is 0 Å². The molecule has 0 aliphatic rings. The summed E-state index contributed by atoms with van der Waals surface area (Å²) in [5.74, 6) is -0.831. The van der Waals surface area contributed by atoms with Gasteiger partial charge < -0.3 is 0 Å². The fraction of sp³-hybridized carbons (Fsp3) is 0.167. The Kier molecular flexibility index (Phi) is 3.57. The molecule has 14 heavy (non-hydrogen) atoms. The van der Waals surface area contributed by atoms with Crippen LogP contribution in [0.4, 0.5) is 8.78 Å². The Balaban J connectivity index is 3.22. The Labute approximate surface area is 82.6 Å². The first-order valence-electron chi connectivity index (χ1n) is 4.43. The van der Waals surface area contributed by atoms with E-state index in [1.54, 1.807) is 25.2 Å². The highest BCUT2D eigenvalue weighted by Crippen LogP contribution is 2.20. The van der Waals surface area contributed by atoms with E-state index in [4.69, 9.17) is 0 Å². The Hall–Kier alpha value is -1.44. The molecule has 0 saturated carbocycles. The van der Waals surface area contributed by atoms with E-state index in [-0.39, 0.29) is 0 Å². The van der Waals surface area contributed by atoms with Crippen LogP contribution >= 0.6 is 0 Å². The van der Waals surface area contributed by atoms with Gasteiger partial charge in [-0.1, -0.05) is 18.2 Å². The standard InChI is InChI=1S/C12H12F2/c1-3-5-9(4-2)11-8-10(13)6-7-12(11)14/h3-8H,1-2H3/b5-3-,9-4+. The molecule has 0 nitrogen and oxygen atoms in total. The molecule has 0 unspecified atom stereocenters. The molecule has 0 bridgehead atoms. The zero-order valence-corrected chi connectivity index (χ0v) is 8.22. The van der Waals surface area contributed by atoms with E-state index < -0.39 is 11.6 Å². The fourth-order valence-electron chi connectivity index (χ4n) is 1.24. The fourth-order valence-corrected chi connectivity index (χ4v) is 1.24. The van der Waals surface area contributed by atoms with Crippen molar-refractivity contribution in [2.24, 2.45) is 0 Å². The van der Waals surface area contributed by atoms with E-state index in [9.17, 15) is 8.78 Å². The number of hydrogen-bond donors (Lipinski definition) is 0. The van der Waals surface area contributed by atoms with Crippen LogP contribution in [0.5, 0.6) is 0 Å². The van der Waals surface area contributed by atoms with Crippen molar-refractivity contribution in [2.75, 3.05) is 0 Å². The van der Waals surface area contributed by atoms with Crippen LogP contribution in [0.15, 0.2) is 36.4 Å². The van der Waals surface area contributed by atoms with E-state index in [2.05, 4.69) is 0 Å². The first-order chi connectivity index (χ1) is 6.69. The summed E-state index contributed by atoms with van der Waals surface area (Å²) in [4.78, 5) is 0. The number of hydrogen-bond acceptors (Lipinski definition) is 0. The normalized spacial score (nSPS) is 12.4. The van der Waals surface area contributed by atoms with Crippen LogP contribution in [-0.4, -0.2) is 0 Å². The maximum atomic E-state index is 13.3. The Morgan fingerprint density at radius 2 is 1.93 bits per heavy atom. The second kappa shape index (κ2) is 4.70. The van der Waals surface area contributed by atoms with Gasteiger partial charge in [-0.15, -0.1) is 0 Å². The zero-order valence-electron chi connectivity index (χ0n) is 8.22. The molecule has 0 aromatic heterocycles. The van der Waals surface area contributed by atoms with Crippen molar-refractivity contribution < 1.29 is 8.78 Å². The second-order valence-electron chi connectivity index (χ2n) is 2.87. The van der Waals surface area contributed by atoms with Crippen molar-refractivity contribution in [3.8, 4) is 0 Å². The van der Waals surface area contributed by atoms with Gasteiger partial charge in [0.15, 0.2) is 0 Å². The van der Waals surface area contributed by atoms with Crippen LogP contribution in [0.1, 0.15) is 19.4 Å². The predicted octanol–water partition coefficient (Wildman–Crippen LogP) is 3.94. The average molecular weight is 194 g/mol. The van der Waals surface area contributed by atoms with Crippen molar-refractivity contribution in [3.63, 3.8) is 0 Å². The molecule has 0 aliphatic carbocycles. The van der Waals surface area contributed by atoms with Gasteiger partial charge in [-0.3, -0.25) is 0 Å². The third-order valence-electron chi connectivity index (χ3n) is 1.90. The summed E-state index contributed by atoms with van der Waals surface area (Å²) in [5.41, 5.74) is 0.982. The van der Waals surface area contributed by atoms with Crippen molar-refractivity contribution >= 4 is 5.57 Å². The first-order valence-corrected chi connectivity index (χ1v) is 4.43. The molecule has 74 valence electrons. The molecule has 0 radical (unpaired) electrons. The number of benzene rings is 1. The van der Waals surface area contributed by atoms with E-state index >= 15 is 0 Å². The maximum Gasteiger partial charge on any atom is 0.131 e. The monoisotopic (exact) mass is 194 g/mol. The highest BCUT2D eigenvalue weighted by molar-refractivity contribution is 5.73. The number of allylic oxidation sites excluding steroid dienone is 4. The maximum absolute atomic E-state index is 13.3. The van der Waals surface area contributed by atoms with Crippen molar-refractivity contribution in [1.82, 2.24) is 0 Å². The molecule has 1 aromatic carbocycles. The largest absolute Gasteiger partial charge is 0.207 e. The molecular formula is C12H12F2. The zero-order chi connectivity index (χ0) is 10.6. The number of halogens is 2. The van der Waals surface area contributed by atoms with Gasteiger partial charge in [-0.25, -0.2) is 8.78 Å². The third-order valence-corrected chi connectivity index (χ3v) is 1.90. The first kappa shape index (κ1) is 10.6. The second-order valence-corrected chi connectivity index (χ2v) is 2.87. The van der Waals surface area contributed by atoms with Crippen LogP contribution in [0.25, 0.3) is 5.57 Å². The highest BCUT2D eigenvalue weighted by Gasteiger charge is 2.05. The molecule has 1 aromatic rings. The van der Waals surface area contributed by atoms with Crippen molar-refractivity contribution in [3.05, 3.63) is 53.6 Å². The molecule has 0 heterocycles. The summed E-state index contributed by atoms with van der Waals surface area (Å²) >= 11 is 0. The van der Waals surface area contributed by atoms with Crippen molar-refractivity contribution in [1.29, 1.82) is 0 Å². The van der Waals surface area contributed by atoms with Gasteiger partial charge in [-0.05, 0) is 37.6 Å². The highest BCUT2D eigenvalue weighted by atomic mass is 19.1. The molecule has 0 fully saturated rings. The minimum absolute atomic E-state index is 0.297. The Morgan fingerprint density at radius 1 is 1.21 bits per heavy atom. The molecule has 2 heteroatoms. The van der Waals surface area contributed by atoms with E-state index in [0.29, 0.717) is 11.1 Å². The summed E-state index contributed by atoms with van der Waals surface area (Å²) in [5, 5.41) is 0.